The Morgan fingerprint density at radius 2 is 1.84 bits per heavy atom. The highest BCUT2D eigenvalue weighted by atomic mass is 16.6. The van der Waals surface area contributed by atoms with Crippen LogP contribution in [0, 0.1) is 0 Å². The van der Waals surface area contributed by atoms with Crippen molar-refractivity contribution in [1.82, 2.24) is 10.2 Å². The third kappa shape index (κ3) is 5.79. The molecule has 2 aliphatic heterocycles. The molecule has 0 radical (unpaired) electrons. The van der Waals surface area contributed by atoms with E-state index in [1.165, 1.54) is 0 Å². The van der Waals surface area contributed by atoms with Gasteiger partial charge in [-0.25, -0.2) is 0 Å². The van der Waals surface area contributed by atoms with Gasteiger partial charge in [-0.3, -0.25) is 24.6 Å². The Morgan fingerprint density at radius 3 is 2.44 bits per heavy atom. The van der Waals surface area contributed by atoms with Gasteiger partial charge < -0.3 is 14.5 Å². The average molecular weight is 445 g/mol. The average Bonchev–Trinajstić information content (AvgIpc) is 2.65. The Hall–Kier alpha value is -2.61. The highest BCUT2D eigenvalue weighted by molar-refractivity contribution is 6.01. The highest BCUT2D eigenvalue weighted by Gasteiger charge is 2.33. The number of esters is 1. The van der Waals surface area contributed by atoms with Gasteiger partial charge in [-0.2, -0.15) is 0 Å². The molecule has 0 aliphatic carbocycles. The number of ether oxygens (including phenoxy) is 1. The van der Waals surface area contributed by atoms with E-state index in [0.717, 1.165) is 24.5 Å². The van der Waals surface area contributed by atoms with E-state index in [1.54, 1.807) is 0 Å². The smallest absolute Gasteiger partial charge is 0.320 e. The lowest BCUT2D eigenvalue weighted by Gasteiger charge is -2.46. The first-order valence-corrected chi connectivity index (χ1v) is 11.3. The normalized spacial score (nSPS) is 24.8. The van der Waals surface area contributed by atoms with Crippen molar-refractivity contribution in [3.63, 3.8) is 0 Å². The summed E-state index contributed by atoms with van der Waals surface area (Å²) in [6.45, 7) is 11.8. The Kier molecular flexibility index (Phi) is 7.12. The molecule has 8 nitrogen and oxygen atoms in total. The van der Waals surface area contributed by atoms with Crippen LogP contribution in [0.5, 0.6) is 0 Å². The van der Waals surface area contributed by atoms with E-state index in [4.69, 9.17) is 4.74 Å². The molecule has 1 aromatic carbocycles. The van der Waals surface area contributed by atoms with Gasteiger partial charge in [-0.15, -0.1) is 0 Å². The fraction of sp³-hybridized carbons (Fsp3) is 0.625. The second-order valence-electron chi connectivity index (χ2n) is 9.98. The summed E-state index contributed by atoms with van der Waals surface area (Å²) in [6.07, 6.45) is 0.871. The number of hydrogen-bond donors (Lipinski definition) is 1. The maximum absolute atomic E-state index is 12.3. The van der Waals surface area contributed by atoms with Crippen molar-refractivity contribution in [3.8, 4) is 0 Å². The van der Waals surface area contributed by atoms with Gasteiger partial charge in [0.05, 0.1) is 6.54 Å². The number of nitrogens with one attached hydrogen (secondary N) is 1. The molecular formula is C24H36N4O4. The number of rotatable bonds is 5. The zero-order valence-corrected chi connectivity index (χ0v) is 20.1. The van der Waals surface area contributed by atoms with E-state index in [1.807, 2.05) is 44.9 Å². The SMILES string of the molecule is C[C@@H]1CN(CC(=O)OC(C)(C)C)C[C@H](C)N1c1cccc(N(C)[C@H]2CCC(=O)NC2=O)c1. The molecule has 3 atom stereocenters. The molecule has 2 saturated heterocycles. The third-order valence-electron chi connectivity index (χ3n) is 5.98. The van der Waals surface area contributed by atoms with E-state index >= 15 is 0 Å². The maximum atomic E-state index is 12.3. The molecule has 2 heterocycles. The fourth-order valence-corrected chi connectivity index (χ4v) is 4.73. The summed E-state index contributed by atoms with van der Waals surface area (Å²) in [5, 5.41) is 2.43. The molecule has 3 rings (SSSR count). The zero-order chi connectivity index (χ0) is 23.6. The first-order chi connectivity index (χ1) is 14.9. The van der Waals surface area contributed by atoms with Crippen molar-refractivity contribution in [3.05, 3.63) is 24.3 Å². The summed E-state index contributed by atoms with van der Waals surface area (Å²) < 4.78 is 5.48. The van der Waals surface area contributed by atoms with E-state index in [0.29, 0.717) is 12.8 Å². The minimum Gasteiger partial charge on any atom is -0.459 e. The molecule has 0 spiro atoms. The minimum atomic E-state index is -0.481. The number of imide groups is 1. The van der Waals surface area contributed by atoms with Crippen LogP contribution in [0.25, 0.3) is 0 Å². The summed E-state index contributed by atoms with van der Waals surface area (Å²) in [6, 6.07) is 8.22. The van der Waals surface area contributed by atoms with Crippen molar-refractivity contribution in [1.29, 1.82) is 0 Å². The predicted molar refractivity (Wildman–Crippen MR) is 125 cm³/mol. The molecule has 32 heavy (non-hydrogen) atoms. The Bertz CT molecular complexity index is 854. The van der Waals surface area contributed by atoms with E-state index in [9.17, 15) is 14.4 Å². The van der Waals surface area contributed by atoms with E-state index in [2.05, 4.69) is 41.1 Å². The molecule has 2 amide bonds. The van der Waals surface area contributed by atoms with Gasteiger partial charge in [0.2, 0.25) is 11.8 Å². The number of carbonyl (C=O) groups is 3. The van der Waals surface area contributed by atoms with Crippen LogP contribution in [-0.2, 0) is 19.1 Å². The van der Waals surface area contributed by atoms with E-state index in [-0.39, 0.29) is 42.5 Å². The number of hydrogen-bond acceptors (Lipinski definition) is 7. The quantitative estimate of drug-likeness (QED) is 0.551. The fourth-order valence-electron chi connectivity index (χ4n) is 4.73. The van der Waals surface area contributed by atoms with Gasteiger partial charge >= 0.3 is 5.97 Å². The van der Waals surface area contributed by atoms with Crippen LogP contribution in [0.3, 0.4) is 0 Å². The largest absolute Gasteiger partial charge is 0.459 e. The van der Waals surface area contributed by atoms with Crippen LogP contribution < -0.4 is 15.1 Å². The van der Waals surface area contributed by atoms with Gasteiger partial charge in [0.25, 0.3) is 0 Å². The van der Waals surface area contributed by atoms with Crippen LogP contribution in [0.1, 0.15) is 47.5 Å². The Balaban J connectivity index is 1.69. The monoisotopic (exact) mass is 444 g/mol. The molecule has 2 aliphatic rings. The Morgan fingerprint density at radius 1 is 1.19 bits per heavy atom. The topological polar surface area (TPSA) is 82.2 Å². The zero-order valence-electron chi connectivity index (χ0n) is 20.1. The third-order valence-corrected chi connectivity index (χ3v) is 5.98. The van der Waals surface area contributed by atoms with Gasteiger partial charge in [-0.05, 0) is 59.2 Å². The predicted octanol–water partition coefficient (Wildman–Crippen LogP) is 2.17. The lowest BCUT2D eigenvalue weighted by Crippen LogP contribution is -2.58. The number of piperazine rings is 1. The van der Waals surface area contributed by atoms with Gasteiger partial charge in [0.15, 0.2) is 0 Å². The molecule has 0 bridgehead atoms. The second-order valence-corrected chi connectivity index (χ2v) is 9.98. The van der Waals surface area contributed by atoms with Crippen LogP contribution in [-0.4, -0.2) is 73.1 Å². The summed E-state index contributed by atoms with van der Waals surface area (Å²) in [7, 11) is 1.89. The first-order valence-electron chi connectivity index (χ1n) is 11.3. The standard InChI is InChI=1S/C24H36N4O4/c1-16-13-27(15-22(30)32-24(3,4)5)14-17(2)28(16)19-9-7-8-18(12-19)26(6)20-10-11-21(29)25-23(20)31/h7-9,12,16-17,20H,10-11,13-15H2,1-6H3,(H,25,29,31)/t16-,17+,20-/m0/s1. The summed E-state index contributed by atoms with van der Waals surface area (Å²) in [5.74, 6) is -0.648. The van der Waals surface area contributed by atoms with Gasteiger partial charge in [0.1, 0.15) is 11.6 Å². The van der Waals surface area contributed by atoms with E-state index < -0.39 is 5.60 Å². The van der Waals surface area contributed by atoms with Crippen molar-refractivity contribution in [2.24, 2.45) is 0 Å². The van der Waals surface area contributed by atoms with Crippen LogP contribution >= 0.6 is 0 Å². The highest BCUT2D eigenvalue weighted by Crippen LogP contribution is 2.29. The van der Waals surface area contributed by atoms with Crippen LogP contribution in [0.2, 0.25) is 0 Å². The number of piperidine rings is 1. The van der Waals surface area contributed by atoms with Crippen molar-refractivity contribution >= 4 is 29.2 Å². The molecule has 176 valence electrons. The van der Waals surface area contributed by atoms with Crippen molar-refractivity contribution < 1.29 is 19.1 Å². The van der Waals surface area contributed by atoms with Crippen molar-refractivity contribution in [2.75, 3.05) is 36.5 Å². The van der Waals surface area contributed by atoms with Gasteiger partial charge in [0, 0.05) is 50.0 Å². The molecule has 1 N–H and O–H groups in total. The maximum Gasteiger partial charge on any atom is 0.320 e. The number of nitrogens with zero attached hydrogens (tertiary/aromatic N) is 3. The number of amides is 2. The molecule has 1 aromatic rings. The second kappa shape index (κ2) is 9.48. The molecule has 0 aromatic heterocycles. The summed E-state index contributed by atoms with van der Waals surface area (Å²) in [4.78, 5) is 42.5. The molecule has 8 heteroatoms. The van der Waals surface area contributed by atoms with Crippen molar-refractivity contribution in [2.45, 2.75) is 71.2 Å². The molecule has 0 unspecified atom stereocenters. The minimum absolute atomic E-state index is 0.196. The molecule has 2 fully saturated rings. The van der Waals surface area contributed by atoms with Crippen LogP contribution in [0.15, 0.2) is 24.3 Å². The lowest BCUT2D eigenvalue weighted by atomic mass is 10.0. The number of likely N-dealkylation sites (N-methyl/N-ethyl adjacent to an activating group) is 1. The number of benzene rings is 1. The lowest BCUT2D eigenvalue weighted by molar-refractivity contribution is -0.156. The first kappa shape index (κ1) is 24.0. The summed E-state index contributed by atoms with van der Waals surface area (Å²) >= 11 is 0. The number of carbonyl (C=O) groups excluding carboxylic acids is 3. The number of anilines is 2. The van der Waals surface area contributed by atoms with Crippen LogP contribution in [0.4, 0.5) is 11.4 Å². The molecule has 0 saturated carbocycles. The molecular weight excluding hydrogens is 408 g/mol. The Labute approximate surface area is 190 Å². The summed E-state index contributed by atoms with van der Waals surface area (Å²) in [5.41, 5.74) is 1.54. The van der Waals surface area contributed by atoms with Gasteiger partial charge in [-0.1, -0.05) is 6.07 Å².